The zero-order valence-corrected chi connectivity index (χ0v) is 13.7. The van der Waals surface area contributed by atoms with Gasteiger partial charge in [0.2, 0.25) is 5.91 Å². The number of hydrogen-bond donors (Lipinski definition) is 1. The van der Waals surface area contributed by atoms with Crippen molar-refractivity contribution in [2.24, 2.45) is 5.92 Å². The number of rotatable bonds is 4. The molecule has 128 valence electrons. The number of aromatic nitrogens is 1. The van der Waals surface area contributed by atoms with Crippen LogP contribution in [0.4, 0.5) is 0 Å². The van der Waals surface area contributed by atoms with Gasteiger partial charge in [0.15, 0.2) is 0 Å². The van der Waals surface area contributed by atoms with E-state index in [2.05, 4.69) is 10.3 Å². The summed E-state index contributed by atoms with van der Waals surface area (Å²) in [7, 11) is 1.55. The lowest BCUT2D eigenvalue weighted by molar-refractivity contribution is -0.146. The van der Waals surface area contributed by atoms with Crippen LogP contribution >= 0.6 is 0 Å². The second-order valence-electron chi connectivity index (χ2n) is 6.27. The second-order valence-corrected chi connectivity index (χ2v) is 6.27. The third-order valence-electron chi connectivity index (χ3n) is 4.48. The Labute approximate surface area is 140 Å². The Kier molecular flexibility index (Phi) is 4.78. The smallest absolute Gasteiger partial charge is 0.269 e. The molecule has 2 fully saturated rings. The number of Topliss-reactive ketones (excluding diaryl/α,β-unsaturated/α-hetero) is 1. The van der Waals surface area contributed by atoms with Gasteiger partial charge in [-0.3, -0.25) is 19.4 Å². The number of nitrogens with zero attached hydrogens (tertiary/aromatic N) is 2. The van der Waals surface area contributed by atoms with Crippen molar-refractivity contribution in [3.05, 3.63) is 24.0 Å². The number of pyridine rings is 1. The predicted molar refractivity (Wildman–Crippen MR) is 85.6 cm³/mol. The molecule has 1 aromatic heterocycles. The van der Waals surface area contributed by atoms with Crippen LogP contribution in [0.5, 0.6) is 5.75 Å². The Bertz CT molecular complexity index is 653. The third-order valence-corrected chi connectivity index (χ3v) is 4.48. The minimum absolute atomic E-state index is 0.0590. The van der Waals surface area contributed by atoms with E-state index in [-0.39, 0.29) is 29.6 Å². The number of hydrogen-bond acceptors (Lipinski definition) is 5. The van der Waals surface area contributed by atoms with Crippen molar-refractivity contribution in [2.45, 2.75) is 31.8 Å². The van der Waals surface area contributed by atoms with Gasteiger partial charge in [0.1, 0.15) is 23.3 Å². The number of ether oxygens (including phenoxy) is 1. The number of carbonyl (C=O) groups excluding carboxylic acids is 3. The van der Waals surface area contributed by atoms with Crippen molar-refractivity contribution in [1.82, 2.24) is 15.2 Å². The van der Waals surface area contributed by atoms with Crippen LogP contribution in [0.2, 0.25) is 0 Å². The SMILES string of the molecule is CNC(=O)c1cc(O[C@H]2CCCN(C(=O)C3CC(=O)C3)C2)ccn1. The molecule has 2 amide bonds. The summed E-state index contributed by atoms with van der Waals surface area (Å²) in [4.78, 5) is 40.9. The molecule has 7 heteroatoms. The third kappa shape index (κ3) is 3.55. The van der Waals surface area contributed by atoms with Crippen LogP contribution < -0.4 is 10.1 Å². The molecule has 24 heavy (non-hydrogen) atoms. The van der Waals surface area contributed by atoms with E-state index in [4.69, 9.17) is 4.74 Å². The average Bonchev–Trinajstić information content (AvgIpc) is 2.58. The highest BCUT2D eigenvalue weighted by atomic mass is 16.5. The fraction of sp³-hybridized carbons (Fsp3) is 0.529. The molecule has 2 aliphatic rings. The number of ketones is 1. The number of carbonyl (C=O) groups is 3. The molecule has 1 N–H and O–H groups in total. The van der Waals surface area contributed by atoms with Gasteiger partial charge in [0.05, 0.1) is 12.5 Å². The summed E-state index contributed by atoms with van der Waals surface area (Å²) < 4.78 is 5.94. The highest BCUT2D eigenvalue weighted by Crippen LogP contribution is 2.27. The summed E-state index contributed by atoms with van der Waals surface area (Å²) in [6.45, 7) is 1.23. The van der Waals surface area contributed by atoms with Gasteiger partial charge in [-0.25, -0.2) is 0 Å². The first-order valence-corrected chi connectivity index (χ1v) is 8.22. The minimum Gasteiger partial charge on any atom is -0.488 e. The lowest BCUT2D eigenvalue weighted by atomic mass is 9.82. The highest BCUT2D eigenvalue weighted by Gasteiger charge is 2.37. The molecule has 1 saturated heterocycles. The summed E-state index contributed by atoms with van der Waals surface area (Å²) >= 11 is 0. The molecule has 0 spiro atoms. The van der Waals surface area contributed by atoms with E-state index in [1.807, 2.05) is 0 Å². The number of piperidine rings is 1. The molecule has 0 bridgehead atoms. The van der Waals surface area contributed by atoms with E-state index in [9.17, 15) is 14.4 Å². The van der Waals surface area contributed by atoms with Crippen LogP contribution in [-0.4, -0.2) is 53.7 Å². The molecule has 0 unspecified atom stereocenters. The summed E-state index contributed by atoms with van der Waals surface area (Å²) in [5, 5.41) is 2.53. The van der Waals surface area contributed by atoms with Crippen LogP contribution in [0.15, 0.2) is 18.3 Å². The Hall–Kier alpha value is -2.44. The van der Waals surface area contributed by atoms with E-state index in [1.54, 1.807) is 24.1 Å². The van der Waals surface area contributed by atoms with E-state index >= 15 is 0 Å². The van der Waals surface area contributed by atoms with Crippen molar-refractivity contribution >= 4 is 17.6 Å². The average molecular weight is 331 g/mol. The number of amides is 2. The van der Waals surface area contributed by atoms with E-state index < -0.39 is 0 Å². The van der Waals surface area contributed by atoms with Crippen molar-refractivity contribution in [3.63, 3.8) is 0 Å². The lowest BCUT2D eigenvalue weighted by Crippen LogP contribution is -2.49. The van der Waals surface area contributed by atoms with Crippen molar-refractivity contribution in [2.75, 3.05) is 20.1 Å². The molecule has 1 aliphatic carbocycles. The van der Waals surface area contributed by atoms with E-state index in [0.717, 1.165) is 12.8 Å². The summed E-state index contributed by atoms with van der Waals surface area (Å²) in [5.41, 5.74) is 0.298. The van der Waals surface area contributed by atoms with Gasteiger partial charge < -0.3 is 15.0 Å². The van der Waals surface area contributed by atoms with Gasteiger partial charge in [-0.15, -0.1) is 0 Å². The van der Waals surface area contributed by atoms with Gasteiger partial charge in [-0.05, 0) is 18.9 Å². The molecule has 7 nitrogen and oxygen atoms in total. The van der Waals surface area contributed by atoms with Crippen molar-refractivity contribution in [3.8, 4) is 5.75 Å². The maximum atomic E-state index is 12.4. The number of nitrogens with one attached hydrogen (secondary N) is 1. The molecule has 0 aromatic carbocycles. The predicted octanol–water partition coefficient (Wildman–Crippen LogP) is 0.790. The van der Waals surface area contributed by atoms with Crippen LogP contribution in [0.3, 0.4) is 0 Å². The molecule has 3 rings (SSSR count). The fourth-order valence-corrected chi connectivity index (χ4v) is 3.09. The van der Waals surface area contributed by atoms with Crippen LogP contribution in [-0.2, 0) is 9.59 Å². The topological polar surface area (TPSA) is 88.6 Å². The fourth-order valence-electron chi connectivity index (χ4n) is 3.09. The van der Waals surface area contributed by atoms with E-state index in [0.29, 0.717) is 37.4 Å². The first-order valence-electron chi connectivity index (χ1n) is 8.22. The molecule has 1 aliphatic heterocycles. The first-order chi connectivity index (χ1) is 11.6. The molecule has 1 saturated carbocycles. The molecule has 2 heterocycles. The van der Waals surface area contributed by atoms with Gasteiger partial charge in [-0.2, -0.15) is 0 Å². The molecule has 1 aromatic rings. The quantitative estimate of drug-likeness (QED) is 0.881. The molecule has 0 radical (unpaired) electrons. The normalized spacial score (nSPS) is 21.1. The van der Waals surface area contributed by atoms with Gasteiger partial charge in [-0.1, -0.05) is 0 Å². The second kappa shape index (κ2) is 6.98. The van der Waals surface area contributed by atoms with E-state index in [1.165, 1.54) is 6.20 Å². The van der Waals surface area contributed by atoms with Crippen LogP contribution in [0, 0.1) is 5.92 Å². The van der Waals surface area contributed by atoms with Gasteiger partial charge in [0.25, 0.3) is 5.91 Å². The maximum absolute atomic E-state index is 12.4. The Balaban J connectivity index is 1.60. The van der Waals surface area contributed by atoms with Crippen LogP contribution in [0.25, 0.3) is 0 Å². The maximum Gasteiger partial charge on any atom is 0.269 e. The molecular formula is C17H21N3O4. The Morgan fingerprint density at radius 3 is 2.88 bits per heavy atom. The van der Waals surface area contributed by atoms with Crippen molar-refractivity contribution in [1.29, 1.82) is 0 Å². The van der Waals surface area contributed by atoms with Crippen molar-refractivity contribution < 1.29 is 19.1 Å². The van der Waals surface area contributed by atoms with Gasteiger partial charge in [0, 0.05) is 38.7 Å². The van der Waals surface area contributed by atoms with Crippen LogP contribution in [0.1, 0.15) is 36.2 Å². The largest absolute Gasteiger partial charge is 0.488 e. The zero-order valence-electron chi connectivity index (χ0n) is 13.7. The number of likely N-dealkylation sites (tertiary alicyclic amines) is 1. The Morgan fingerprint density at radius 1 is 1.38 bits per heavy atom. The zero-order chi connectivity index (χ0) is 17.1. The monoisotopic (exact) mass is 331 g/mol. The summed E-state index contributed by atoms with van der Waals surface area (Å²) in [6, 6.07) is 3.31. The summed E-state index contributed by atoms with van der Waals surface area (Å²) in [5.74, 6) is 0.384. The first kappa shape index (κ1) is 16.4. The minimum atomic E-state index is -0.268. The highest BCUT2D eigenvalue weighted by molar-refractivity contribution is 5.96. The molecule has 1 atom stereocenters. The standard InChI is InChI=1S/C17H21N3O4/c1-18-16(22)15-9-13(4-5-19-15)24-14-3-2-6-20(10-14)17(23)11-7-12(21)8-11/h4-5,9,11,14H,2-3,6-8,10H2,1H3,(H,18,22)/t14-/m0/s1. The Morgan fingerprint density at radius 2 is 2.17 bits per heavy atom. The van der Waals surface area contributed by atoms with Gasteiger partial charge >= 0.3 is 0 Å². The molecular weight excluding hydrogens is 310 g/mol. The summed E-state index contributed by atoms with van der Waals surface area (Å²) in [6.07, 6.45) is 3.89. The lowest BCUT2D eigenvalue weighted by Gasteiger charge is -2.36.